The number of alkyl halides is 2. The highest BCUT2D eigenvalue weighted by Crippen LogP contribution is 2.22. The Balaban J connectivity index is 2.42. The van der Waals surface area contributed by atoms with Crippen LogP contribution in [0.1, 0.15) is 19.8 Å². The molecule has 1 atom stereocenters. The molecule has 1 aliphatic rings. The number of rotatable bonds is 2. The first-order valence-corrected chi connectivity index (χ1v) is 4.12. The van der Waals surface area contributed by atoms with Crippen LogP contribution in [0.25, 0.3) is 0 Å². The molecule has 1 saturated heterocycles. The molecule has 1 aliphatic heterocycles. The summed E-state index contributed by atoms with van der Waals surface area (Å²) in [7, 11) is 0. The Labute approximate surface area is 70.8 Å². The van der Waals surface area contributed by atoms with Gasteiger partial charge in [-0.1, -0.05) is 0 Å². The van der Waals surface area contributed by atoms with Crippen molar-refractivity contribution in [3.63, 3.8) is 0 Å². The van der Waals surface area contributed by atoms with Crippen molar-refractivity contribution >= 4 is 0 Å². The first-order chi connectivity index (χ1) is 5.62. The van der Waals surface area contributed by atoms with E-state index in [0.29, 0.717) is 13.2 Å². The third-order valence-electron chi connectivity index (χ3n) is 1.88. The van der Waals surface area contributed by atoms with Gasteiger partial charge >= 0.3 is 0 Å². The van der Waals surface area contributed by atoms with Crippen LogP contribution in [-0.2, 0) is 9.47 Å². The normalized spacial score (nSPS) is 32.0. The molecule has 1 heterocycles. The first kappa shape index (κ1) is 9.86. The van der Waals surface area contributed by atoms with Crippen molar-refractivity contribution in [2.45, 2.75) is 31.8 Å². The molecule has 0 aromatic heterocycles. The van der Waals surface area contributed by atoms with E-state index in [1.54, 1.807) is 6.92 Å². The average molecular weight is 180 g/mol. The second-order valence-electron chi connectivity index (χ2n) is 3.30. The molecule has 0 N–H and O–H groups in total. The number of hydrogen-bond acceptors (Lipinski definition) is 2. The Bertz CT molecular complexity index is 131. The zero-order valence-corrected chi connectivity index (χ0v) is 7.19. The Morgan fingerprint density at radius 3 is 2.83 bits per heavy atom. The van der Waals surface area contributed by atoms with E-state index < -0.39 is 12.0 Å². The average Bonchev–Trinajstić information content (AvgIpc) is 2.12. The van der Waals surface area contributed by atoms with Crippen molar-refractivity contribution in [3.05, 3.63) is 0 Å². The third-order valence-corrected chi connectivity index (χ3v) is 1.88. The summed E-state index contributed by atoms with van der Waals surface area (Å²) >= 11 is 0. The summed E-state index contributed by atoms with van der Waals surface area (Å²) < 4.78 is 34.6. The lowest BCUT2D eigenvalue weighted by atomic mass is 10.0. The van der Waals surface area contributed by atoms with E-state index in [-0.39, 0.29) is 13.0 Å². The van der Waals surface area contributed by atoms with Crippen LogP contribution in [0, 0.1) is 0 Å². The topological polar surface area (TPSA) is 18.5 Å². The van der Waals surface area contributed by atoms with Gasteiger partial charge < -0.3 is 9.47 Å². The Morgan fingerprint density at radius 2 is 2.17 bits per heavy atom. The lowest BCUT2D eigenvalue weighted by molar-refractivity contribution is -0.0869. The highest BCUT2D eigenvalue weighted by atomic mass is 19.3. The van der Waals surface area contributed by atoms with Crippen molar-refractivity contribution in [1.29, 1.82) is 0 Å². The van der Waals surface area contributed by atoms with E-state index in [1.807, 2.05) is 0 Å². The molecule has 0 radical (unpaired) electrons. The van der Waals surface area contributed by atoms with Crippen LogP contribution in [0.5, 0.6) is 0 Å². The molecule has 0 spiro atoms. The van der Waals surface area contributed by atoms with Crippen LogP contribution in [-0.4, -0.2) is 31.8 Å². The van der Waals surface area contributed by atoms with E-state index >= 15 is 0 Å². The van der Waals surface area contributed by atoms with Crippen LogP contribution in [0.2, 0.25) is 0 Å². The molecule has 0 saturated carbocycles. The quantitative estimate of drug-likeness (QED) is 0.645. The van der Waals surface area contributed by atoms with Gasteiger partial charge in [-0.3, -0.25) is 0 Å². The second-order valence-corrected chi connectivity index (χ2v) is 3.30. The molecule has 12 heavy (non-hydrogen) atoms. The van der Waals surface area contributed by atoms with E-state index in [1.165, 1.54) is 0 Å². The van der Waals surface area contributed by atoms with Crippen molar-refractivity contribution in [2.24, 2.45) is 0 Å². The number of hydrogen-bond donors (Lipinski definition) is 0. The largest absolute Gasteiger partial charge is 0.378 e. The third kappa shape index (κ3) is 3.03. The molecular weight excluding hydrogens is 166 g/mol. The van der Waals surface area contributed by atoms with Gasteiger partial charge in [0.25, 0.3) is 0 Å². The summed E-state index contributed by atoms with van der Waals surface area (Å²) in [5, 5.41) is 0. The van der Waals surface area contributed by atoms with Crippen molar-refractivity contribution in [2.75, 3.05) is 19.8 Å². The SMILES string of the molecule is C[C@@]1(CC(F)F)COCCCO1. The summed E-state index contributed by atoms with van der Waals surface area (Å²) in [6.45, 7) is 3.07. The summed E-state index contributed by atoms with van der Waals surface area (Å²) in [6, 6.07) is 0. The molecule has 1 fully saturated rings. The van der Waals surface area contributed by atoms with Gasteiger partial charge in [-0.05, 0) is 13.3 Å². The number of halogens is 2. The van der Waals surface area contributed by atoms with Gasteiger partial charge in [0.2, 0.25) is 6.43 Å². The van der Waals surface area contributed by atoms with E-state index in [4.69, 9.17) is 9.47 Å². The van der Waals surface area contributed by atoms with Gasteiger partial charge in [-0.15, -0.1) is 0 Å². The van der Waals surface area contributed by atoms with E-state index in [0.717, 1.165) is 6.42 Å². The molecule has 0 aromatic rings. The predicted octanol–water partition coefficient (Wildman–Crippen LogP) is 1.84. The summed E-state index contributed by atoms with van der Waals surface area (Å²) in [5.41, 5.74) is -0.787. The van der Waals surface area contributed by atoms with Gasteiger partial charge in [-0.2, -0.15) is 0 Å². The van der Waals surface area contributed by atoms with Crippen molar-refractivity contribution in [1.82, 2.24) is 0 Å². The monoisotopic (exact) mass is 180 g/mol. The lowest BCUT2D eigenvalue weighted by Gasteiger charge is -2.26. The maximum absolute atomic E-state index is 12.1. The molecule has 0 amide bonds. The van der Waals surface area contributed by atoms with Crippen LogP contribution >= 0.6 is 0 Å². The van der Waals surface area contributed by atoms with Crippen LogP contribution in [0.15, 0.2) is 0 Å². The summed E-state index contributed by atoms with van der Waals surface area (Å²) in [5.74, 6) is 0. The van der Waals surface area contributed by atoms with E-state index in [2.05, 4.69) is 0 Å². The zero-order chi connectivity index (χ0) is 9.03. The maximum Gasteiger partial charge on any atom is 0.241 e. The molecule has 0 bridgehead atoms. The standard InChI is InChI=1S/C8H14F2O2/c1-8(5-7(9)10)6-11-3-2-4-12-8/h7H,2-6H2,1H3/t8-/m1/s1. The fourth-order valence-electron chi connectivity index (χ4n) is 1.25. The van der Waals surface area contributed by atoms with Crippen molar-refractivity contribution < 1.29 is 18.3 Å². The fourth-order valence-corrected chi connectivity index (χ4v) is 1.25. The molecule has 0 unspecified atom stereocenters. The summed E-state index contributed by atoms with van der Waals surface area (Å²) in [4.78, 5) is 0. The van der Waals surface area contributed by atoms with Gasteiger partial charge in [-0.25, -0.2) is 8.78 Å². The fraction of sp³-hybridized carbons (Fsp3) is 1.00. The summed E-state index contributed by atoms with van der Waals surface area (Å²) in [6.07, 6.45) is -1.78. The maximum atomic E-state index is 12.1. The molecule has 2 nitrogen and oxygen atoms in total. The minimum Gasteiger partial charge on any atom is -0.378 e. The molecular formula is C8H14F2O2. The van der Waals surface area contributed by atoms with Gasteiger partial charge in [0.05, 0.1) is 12.2 Å². The molecule has 4 heteroatoms. The second kappa shape index (κ2) is 4.14. The van der Waals surface area contributed by atoms with E-state index in [9.17, 15) is 8.78 Å². The molecule has 1 rings (SSSR count). The van der Waals surface area contributed by atoms with Gasteiger partial charge in [0, 0.05) is 19.6 Å². The van der Waals surface area contributed by atoms with Crippen LogP contribution in [0.4, 0.5) is 8.78 Å². The lowest BCUT2D eigenvalue weighted by Crippen LogP contribution is -2.35. The predicted molar refractivity (Wildman–Crippen MR) is 40.4 cm³/mol. The molecule has 0 aliphatic carbocycles. The highest BCUT2D eigenvalue weighted by molar-refractivity contribution is 4.77. The number of ether oxygens (including phenoxy) is 2. The van der Waals surface area contributed by atoms with Gasteiger partial charge in [0.1, 0.15) is 0 Å². The molecule has 0 aromatic carbocycles. The first-order valence-electron chi connectivity index (χ1n) is 4.12. The highest BCUT2D eigenvalue weighted by Gasteiger charge is 2.30. The Hall–Kier alpha value is -0.220. The zero-order valence-electron chi connectivity index (χ0n) is 7.19. The molecule has 72 valence electrons. The Morgan fingerprint density at radius 1 is 1.42 bits per heavy atom. The van der Waals surface area contributed by atoms with Crippen molar-refractivity contribution in [3.8, 4) is 0 Å². The minimum absolute atomic E-state index is 0.243. The minimum atomic E-state index is -2.32. The van der Waals surface area contributed by atoms with Crippen LogP contribution < -0.4 is 0 Å². The van der Waals surface area contributed by atoms with Gasteiger partial charge in [0.15, 0.2) is 0 Å². The smallest absolute Gasteiger partial charge is 0.241 e. The van der Waals surface area contributed by atoms with Crippen LogP contribution in [0.3, 0.4) is 0 Å². The Kier molecular flexibility index (Phi) is 3.40.